The molecule has 2 unspecified atom stereocenters. The van der Waals surface area contributed by atoms with Crippen molar-refractivity contribution in [3.63, 3.8) is 0 Å². The van der Waals surface area contributed by atoms with Crippen LogP contribution in [0.1, 0.15) is 80.1 Å². The first-order chi connectivity index (χ1) is 9.89. The third-order valence-electron chi connectivity index (χ3n) is 5.23. The summed E-state index contributed by atoms with van der Waals surface area (Å²) < 4.78 is 0. The SMILES string of the molecule is CCCCCN(CC1CC(C)(C)CCC1NCC)C(C)C. The van der Waals surface area contributed by atoms with Crippen LogP contribution in [0.2, 0.25) is 0 Å². The molecule has 0 aromatic carbocycles. The first kappa shape index (κ1) is 19.0. The Bertz CT molecular complexity index is 273. The molecule has 0 amide bonds. The van der Waals surface area contributed by atoms with E-state index in [1.165, 1.54) is 51.6 Å². The van der Waals surface area contributed by atoms with Crippen molar-refractivity contribution >= 4 is 0 Å². The maximum absolute atomic E-state index is 3.76. The van der Waals surface area contributed by atoms with Gasteiger partial charge in [0.25, 0.3) is 0 Å². The van der Waals surface area contributed by atoms with Crippen molar-refractivity contribution in [3.8, 4) is 0 Å². The fourth-order valence-corrected chi connectivity index (χ4v) is 3.89. The summed E-state index contributed by atoms with van der Waals surface area (Å²) in [4.78, 5) is 2.73. The van der Waals surface area contributed by atoms with Crippen LogP contribution in [-0.2, 0) is 0 Å². The van der Waals surface area contributed by atoms with E-state index in [9.17, 15) is 0 Å². The monoisotopic (exact) mass is 296 g/mol. The number of unbranched alkanes of at least 4 members (excludes halogenated alkanes) is 2. The van der Waals surface area contributed by atoms with Crippen LogP contribution in [-0.4, -0.2) is 36.6 Å². The van der Waals surface area contributed by atoms with E-state index in [0.717, 1.165) is 18.5 Å². The van der Waals surface area contributed by atoms with E-state index in [4.69, 9.17) is 0 Å². The minimum atomic E-state index is 0.530. The minimum Gasteiger partial charge on any atom is -0.314 e. The van der Waals surface area contributed by atoms with Crippen molar-refractivity contribution < 1.29 is 0 Å². The van der Waals surface area contributed by atoms with Crippen molar-refractivity contribution in [2.24, 2.45) is 11.3 Å². The second kappa shape index (κ2) is 9.15. The molecule has 2 atom stereocenters. The zero-order valence-electron chi connectivity index (χ0n) is 15.5. The standard InChI is InChI=1S/C19H40N2/c1-7-9-10-13-21(16(3)4)15-17-14-19(5,6)12-11-18(17)20-8-2/h16-18,20H,7-15H2,1-6H3. The van der Waals surface area contributed by atoms with E-state index in [2.05, 4.69) is 51.8 Å². The van der Waals surface area contributed by atoms with Crippen molar-refractivity contribution in [1.82, 2.24) is 10.2 Å². The molecule has 0 radical (unpaired) electrons. The summed E-state index contributed by atoms with van der Waals surface area (Å²) >= 11 is 0. The van der Waals surface area contributed by atoms with Crippen molar-refractivity contribution in [3.05, 3.63) is 0 Å². The highest BCUT2D eigenvalue weighted by atomic mass is 15.1. The minimum absolute atomic E-state index is 0.530. The summed E-state index contributed by atoms with van der Waals surface area (Å²) in [5, 5.41) is 3.76. The average Bonchev–Trinajstić information content (AvgIpc) is 2.40. The molecule has 0 saturated heterocycles. The van der Waals surface area contributed by atoms with Gasteiger partial charge in [0.2, 0.25) is 0 Å². The van der Waals surface area contributed by atoms with Crippen LogP contribution in [0.15, 0.2) is 0 Å². The number of hydrogen-bond acceptors (Lipinski definition) is 2. The highest BCUT2D eigenvalue weighted by molar-refractivity contribution is 4.90. The molecule has 0 bridgehead atoms. The Morgan fingerprint density at radius 2 is 1.90 bits per heavy atom. The third-order valence-corrected chi connectivity index (χ3v) is 5.23. The van der Waals surface area contributed by atoms with Crippen molar-refractivity contribution in [2.45, 2.75) is 92.2 Å². The molecule has 21 heavy (non-hydrogen) atoms. The Labute approximate surface area is 134 Å². The van der Waals surface area contributed by atoms with E-state index in [1.807, 2.05) is 0 Å². The van der Waals surface area contributed by atoms with Gasteiger partial charge in [0.05, 0.1) is 0 Å². The lowest BCUT2D eigenvalue weighted by Crippen LogP contribution is -2.48. The van der Waals surface area contributed by atoms with E-state index in [1.54, 1.807) is 0 Å². The summed E-state index contributed by atoms with van der Waals surface area (Å²) in [5.41, 5.74) is 0.530. The van der Waals surface area contributed by atoms with Gasteiger partial charge in [-0.15, -0.1) is 0 Å². The Morgan fingerprint density at radius 3 is 2.48 bits per heavy atom. The topological polar surface area (TPSA) is 15.3 Å². The van der Waals surface area contributed by atoms with Gasteiger partial charge < -0.3 is 10.2 Å². The highest BCUT2D eigenvalue weighted by Crippen LogP contribution is 2.39. The molecule has 0 spiro atoms. The smallest absolute Gasteiger partial charge is 0.0108 e. The Morgan fingerprint density at radius 1 is 1.19 bits per heavy atom. The molecule has 1 N–H and O–H groups in total. The van der Waals surface area contributed by atoms with Crippen LogP contribution in [0.5, 0.6) is 0 Å². The Hall–Kier alpha value is -0.0800. The van der Waals surface area contributed by atoms with E-state index < -0.39 is 0 Å². The molecule has 0 aromatic heterocycles. The molecule has 1 fully saturated rings. The molecule has 1 rings (SSSR count). The van der Waals surface area contributed by atoms with Gasteiger partial charge in [0.15, 0.2) is 0 Å². The van der Waals surface area contributed by atoms with Gasteiger partial charge in [-0.1, -0.05) is 40.5 Å². The maximum atomic E-state index is 3.76. The van der Waals surface area contributed by atoms with E-state index in [0.29, 0.717) is 11.5 Å². The molecular formula is C19H40N2. The van der Waals surface area contributed by atoms with Crippen LogP contribution in [0.3, 0.4) is 0 Å². The van der Waals surface area contributed by atoms with Gasteiger partial charge >= 0.3 is 0 Å². The maximum Gasteiger partial charge on any atom is 0.0108 e. The molecule has 0 aromatic rings. The van der Waals surface area contributed by atoms with Crippen LogP contribution in [0, 0.1) is 11.3 Å². The number of rotatable bonds is 9. The predicted octanol–water partition coefficient (Wildman–Crippen LogP) is 4.69. The second-order valence-corrected chi connectivity index (χ2v) is 8.13. The largest absolute Gasteiger partial charge is 0.314 e. The van der Waals surface area contributed by atoms with Gasteiger partial charge in [-0.25, -0.2) is 0 Å². The van der Waals surface area contributed by atoms with Gasteiger partial charge in [-0.2, -0.15) is 0 Å². The van der Waals surface area contributed by atoms with Crippen LogP contribution in [0.25, 0.3) is 0 Å². The average molecular weight is 297 g/mol. The second-order valence-electron chi connectivity index (χ2n) is 8.13. The summed E-state index contributed by atoms with van der Waals surface area (Å²) in [5.74, 6) is 0.817. The third kappa shape index (κ3) is 6.69. The zero-order valence-corrected chi connectivity index (χ0v) is 15.5. The normalized spacial score (nSPS) is 25.7. The molecule has 1 aliphatic carbocycles. The number of nitrogens with zero attached hydrogens (tertiary/aromatic N) is 1. The molecule has 126 valence electrons. The quantitative estimate of drug-likeness (QED) is 0.621. The molecule has 0 aliphatic heterocycles. The van der Waals surface area contributed by atoms with Gasteiger partial charge in [-0.3, -0.25) is 0 Å². The summed E-state index contributed by atoms with van der Waals surface area (Å²) in [6.07, 6.45) is 8.15. The lowest BCUT2D eigenvalue weighted by Gasteiger charge is -2.44. The van der Waals surface area contributed by atoms with Gasteiger partial charge in [0.1, 0.15) is 0 Å². The highest BCUT2D eigenvalue weighted by Gasteiger charge is 2.35. The fourth-order valence-electron chi connectivity index (χ4n) is 3.89. The van der Waals surface area contributed by atoms with Crippen molar-refractivity contribution in [2.75, 3.05) is 19.6 Å². The zero-order chi connectivity index (χ0) is 15.9. The number of hydrogen-bond donors (Lipinski definition) is 1. The van der Waals surface area contributed by atoms with Crippen molar-refractivity contribution in [1.29, 1.82) is 0 Å². The van der Waals surface area contributed by atoms with Crippen LogP contribution in [0.4, 0.5) is 0 Å². The summed E-state index contributed by atoms with van der Waals surface area (Å²) in [6, 6.07) is 1.41. The lowest BCUT2D eigenvalue weighted by molar-refractivity contribution is 0.0872. The Kier molecular flexibility index (Phi) is 8.26. The molecular weight excluding hydrogens is 256 g/mol. The number of nitrogens with one attached hydrogen (secondary N) is 1. The molecule has 2 nitrogen and oxygen atoms in total. The van der Waals surface area contributed by atoms with E-state index >= 15 is 0 Å². The first-order valence-corrected chi connectivity index (χ1v) is 9.37. The first-order valence-electron chi connectivity index (χ1n) is 9.37. The fraction of sp³-hybridized carbons (Fsp3) is 1.00. The predicted molar refractivity (Wildman–Crippen MR) is 94.8 cm³/mol. The van der Waals surface area contributed by atoms with E-state index in [-0.39, 0.29) is 0 Å². The van der Waals surface area contributed by atoms with Crippen LogP contribution < -0.4 is 5.32 Å². The molecule has 1 aliphatic rings. The summed E-state index contributed by atoms with van der Waals surface area (Å²) in [7, 11) is 0. The van der Waals surface area contributed by atoms with Gasteiger partial charge in [0, 0.05) is 18.6 Å². The Balaban J connectivity index is 2.62. The molecule has 2 heteroatoms. The summed E-state index contributed by atoms with van der Waals surface area (Å²) in [6.45, 7) is 17.9. The molecule has 1 saturated carbocycles. The molecule has 0 heterocycles. The van der Waals surface area contributed by atoms with Crippen LogP contribution >= 0.6 is 0 Å². The van der Waals surface area contributed by atoms with Gasteiger partial charge in [-0.05, 0) is 64.0 Å². The lowest BCUT2D eigenvalue weighted by atomic mass is 9.69.